The molecule has 0 aromatic heterocycles. The normalized spacial score (nSPS) is 21.3. The summed E-state index contributed by atoms with van der Waals surface area (Å²) in [5.74, 6) is -0.448. The van der Waals surface area contributed by atoms with Crippen LogP contribution in [0.25, 0.3) is 0 Å². The Balaban J connectivity index is 1.56. The second-order valence-corrected chi connectivity index (χ2v) is 11.3. The molecule has 35 heavy (non-hydrogen) atoms. The van der Waals surface area contributed by atoms with Gasteiger partial charge in [-0.15, -0.1) is 0 Å². The maximum absolute atomic E-state index is 13.6. The molecule has 0 saturated carbocycles. The number of hydrogen-bond acceptors (Lipinski definition) is 5. The minimum Gasteiger partial charge on any atom is -0.355 e. The van der Waals surface area contributed by atoms with Crippen molar-refractivity contribution in [2.24, 2.45) is 0 Å². The summed E-state index contributed by atoms with van der Waals surface area (Å²) in [5.41, 5.74) is 1.20. The first kappa shape index (κ1) is 25.6. The maximum atomic E-state index is 13.6. The van der Waals surface area contributed by atoms with Gasteiger partial charge in [0, 0.05) is 36.3 Å². The highest BCUT2D eigenvalue weighted by molar-refractivity contribution is 7.89. The van der Waals surface area contributed by atoms with Crippen LogP contribution in [0.5, 0.6) is 0 Å². The molecule has 2 atom stereocenters. The summed E-state index contributed by atoms with van der Waals surface area (Å²) in [6.07, 6.45) is 3.95. The van der Waals surface area contributed by atoms with Gasteiger partial charge in [-0.3, -0.25) is 9.59 Å². The highest BCUT2D eigenvalue weighted by Crippen LogP contribution is 2.26. The van der Waals surface area contributed by atoms with Gasteiger partial charge in [0.15, 0.2) is 0 Å². The Morgan fingerprint density at radius 2 is 1.74 bits per heavy atom. The van der Waals surface area contributed by atoms with Crippen LogP contribution in [0.3, 0.4) is 0 Å². The topological polar surface area (TPSA) is 108 Å². The molecule has 1 unspecified atom stereocenters. The number of benzene rings is 2. The Labute approximate surface area is 211 Å². The van der Waals surface area contributed by atoms with Gasteiger partial charge in [-0.2, -0.15) is 4.31 Å². The third-order valence-corrected chi connectivity index (χ3v) is 8.58. The third kappa shape index (κ3) is 6.41. The molecule has 0 aliphatic carbocycles. The van der Waals surface area contributed by atoms with Crippen molar-refractivity contribution < 1.29 is 18.0 Å². The van der Waals surface area contributed by atoms with E-state index in [-0.39, 0.29) is 29.3 Å². The van der Waals surface area contributed by atoms with Crippen LogP contribution in [0, 0.1) is 0 Å². The fourth-order valence-corrected chi connectivity index (χ4v) is 6.22. The number of piperidine rings is 1. The molecule has 2 aromatic carbocycles. The van der Waals surface area contributed by atoms with E-state index in [2.05, 4.69) is 16.0 Å². The van der Waals surface area contributed by atoms with Crippen molar-refractivity contribution in [2.75, 3.05) is 19.6 Å². The Bertz CT molecular complexity index is 1130. The van der Waals surface area contributed by atoms with Crippen LogP contribution in [0.1, 0.15) is 48.0 Å². The predicted octanol–water partition coefficient (Wildman–Crippen LogP) is 2.68. The van der Waals surface area contributed by atoms with Gasteiger partial charge in [0.2, 0.25) is 15.9 Å². The lowest BCUT2D eigenvalue weighted by atomic mass is 10.1. The summed E-state index contributed by atoms with van der Waals surface area (Å²) in [7, 11) is -3.98. The lowest BCUT2D eigenvalue weighted by Gasteiger charge is -2.29. The zero-order valence-electron chi connectivity index (χ0n) is 19.5. The number of nitrogens with zero attached hydrogens (tertiary/aromatic N) is 1. The van der Waals surface area contributed by atoms with Crippen LogP contribution >= 0.6 is 11.6 Å². The second kappa shape index (κ2) is 11.5. The zero-order chi connectivity index (χ0) is 24.8. The molecule has 4 rings (SSSR count). The van der Waals surface area contributed by atoms with E-state index in [1.54, 1.807) is 24.3 Å². The van der Waals surface area contributed by atoms with E-state index < -0.39 is 16.1 Å². The fraction of sp³-hybridized carbons (Fsp3) is 0.440. The van der Waals surface area contributed by atoms with Crippen molar-refractivity contribution in [3.63, 3.8) is 0 Å². The third-order valence-electron chi connectivity index (χ3n) is 6.46. The summed E-state index contributed by atoms with van der Waals surface area (Å²) in [6, 6.07) is 12.1. The van der Waals surface area contributed by atoms with E-state index in [9.17, 15) is 18.0 Å². The van der Waals surface area contributed by atoms with Crippen LogP contribution in [-0.2, 0) is 21.4 Å². The second-order valence-electron chi connectivity index (χ2n) is 9.02. The summed E-state index contributed by atoms with van der Waals surface area (Å²) in [4.78, 5) is 25.5. The Kier molecular flexibility index (Phi) is 8.43. The maximum Gasteiger partial charge on any atom is 0.251 e. The molecule has 2 aromatic rings. The van der Waals surface area contributed by atoms with Gasteiger partial charge in [-0.25, -0.2) is 8.42 Å². The van der Waals surface area contributed by atoms with Gasteiger partial charge in [-0.05, 0) is 80.6 Å². The van der Waals surface area contributed by atoms with Crippen LogP contribution in [0.4, 0.5) is 0 Å². The van der Waals surface area contributed by atoms with E-state index in [4.69, 9.17) is 11.6 Å². The lowest BCUT2D eigenvalue weighted by Crippen LogP contribution is -2.48. The van der Waals surface area contributed by atoms with Gasteiger partial charge in [0.1, 0.15) is 6.04 Å². The van der Waals surface area contributed by atoms with Crippen molar-refractivity contribution in [1.82, 2.24) is 20.3 Å². The van der Waals surface area contributed by atoms with Gasteiger partial charge in [0.25, 0.3) is 5.91 Å². The van der Waals surface area contributed by atoms with Crippen molar-refractivity contribution in [3.8, 4) is 0 Å². The van der Waals surface area contributed by atoms with Crippen LogP contribution in [-0.4, -0.2) is 56.3 Å². The molecule has 2 heterocycles. The van der Waals surface area contributed by atoms with E-state index >= 15 is 0 Å². The van der Waals surface area contributed by atoms with Crippen LogP contribution in [0.2, 0.25) is 5.02 Å². The number of halogens is 1. The largest absolute Gasteiger partial charge is 0.355 e. The molecule has 2 saturated heterocycles. The number of carbonyl (C=O) groups is 2. The average molecular weight is 519 g/mol. The minimum absolute atomic E-state index is 0.0114. The SMILES string of the molecule is O=C(NC1CCCNC1)c1ccc(CN([C@@H]2CCCCNC2=O)S(=O)(=O)c2ccc(Cl)cc2)cc1. The molecule has 0 bridgehead atoms. The molecule has 10 heteroatoms. The quantitative estimate of drug-likeness (QED) is 0.522. The monoisotopic (exact) mass is 518 g/mol. The number of nitrogens with one attached hydrogen (secondary N) is 3. The molecule has 0 spiro atoms. The smallest absolute Gasteiger partial charge is 0.251 e. The first-order chi connectivity index (χ1) is 16.8. The molecular formula is C25H31ClN4O4S. The van der Waals surface area contributed by atoms with E-state index in [0.717, 1.165) is 38.8 Å². The van der Waals surface area contributed by atoms with Gasteiger partial charge in [0.05, 0.1) is 4.90 Å². The van der Waals surface area contributed by atoms with Crippen molar-refractivity contribution in [3.05, 3.63) is 64.7 Å². The van der Waals surface area contributed by atoms with Crippen molar-refractivity contribution >= 4 is 33.4 Å². The molecule has 2 aliphatic heterocycles. The molecule has 188 valence electrons. The van der Waals surface area contributed by atoms with Gasteiger partial charge in [-0.1, -0.05) is 23.7 Å². The molecule has 3 N–H and O–H groups in total. The molecular weight excluding hydrogens is 488 g/mol. The molecule has 2 aliphatic rings. The predicted molar refractivity (Wildman–Crippen MR) is 135 cm³/mol. The first-order valence-corrected chi connectivity index (χ1v) is 13.8. The number of carbonyl (C=O) groups excluding carboxylic acids is 2. The van der Waals surface area contributed by atoms with E-state index in [1.807, 2.05) is 0 Å². The average Bonchev–Trinajstić information content (AvgIpc) is 3.07. The van der Waals surface area contributed by atoms with Crippen molar-refractivity contribution in [2.45, 2.75) is 55.6 Å². The highest BCUT2D eigenvalue weighted by Gasteiger charge is 2.36. The molecule has 2 fully saturated rings. The van der Waals surface area contributed by atoms with E-state index in [0.29, 0.717) is 29.1 Å². The Morgan fingerprint density at radius 1 is 1.00 bits per heavy atom. The zero-order valence-corrected chi connectivity index (χ0v) is 21.1. The Hall–Kier alpha value is -2.46. The summed E-state index contributed by atoms with van der Waals surface area (Å²) >= 11 is 5.96. The first-order valence-electron chi connectivity index (χ1n) is 12.0. The summed E-state index contributed by atoms with van der Waals surface area (Å²) < 4.78 is 28.5. The molecule has 2 amide bonds. The van der Waals surface area contributed by atoms with Crippen molar-refractivity contribution in [1.29, 1.82) is 0 Å². The number of rotatable bonds is 7. The standard InChI is InChI=1S/C25H31ClN4O4S/c26-20-10-12-22(13-11-20)35(33,34)30(23-5-1-2-15-28-25(23)32)17-18-6-8-19(9-7-18)24(31)29-21-4-3-14-27-16-21/h6-13,21,23,27H,1-5,14-17H2,(H,28,32)(H,29,31)/t21?,23-/m1/s1. The molecule has 0 radical (unpaired) electrons. The van der Waals surface area contributed by atoms with Crippen LogP contribution in [0.15, 0.2) is 53.4 Å². The number of amides is 2. The van der Waals surface area contributed by atoms with E-state index in [1.165, 1.54) is 28.6 Å². The van der Waals surface area contributed by atoms with Gasteiger partial charge < -0.3 is 16.0 Å². The number of hydrogen-bond donors (Lipinski definition) is 3. The summed E-state index contributed by atoms with van der Waals surface area (Å²) in [6.45, 7) is 2.27. The summed E-state index contributed by atoms with van der Waals surface area (Å²) in [5, 5.41) is 9.58. The minimum atomic E-state index is -3.98. The molecule has 8 nitrogen and oxygen atoms in total. The number of sulfonamides is 1. The fourth-order valence-electron chi connectivity index (χ4n) is 4.49. The Morgan fingerprint density at radius 3 is 2.43 bits per heavy atom. The lowest BCUT2D eigenvalue weighted by molar-refractivity contribution is -0.124. The highest BCUT2D eigenvalue weighted by atomic mass is 35.5. The van der Waals surface area contributed by atoms with Crippen LogP contribution < -0.4 is 16.0 Å². The van der Waals surface area contributed by atoms with Gasteiger partial charge >= 0.3 is 0 Å².